The molecule has 1 rings (SSSR count). The molecule has 0 N–H and O–H groups in total. The van der Waals surface area contributed by atoms with Gasteiger partial charge in [0.2, 0.25) is 5.78 Å². The average molecular weight is 321 g/mol. The van der Waals surface area contributed by atoms with Crippen LogP contribution in [0.1, 0.15) is 29.8 Å². The molecule has 0 aliphatic carbocycles. The summed E-state index contributed by atoms with van der Waals surface area (Å²) in [5.74, 6) is -1.35. The zero-order valence-electron chi connectivity index (χ0n) is 11.3. The molecule has 0 spiro atoms. The first-order valence-corrected chi connectivity index (χ1v) is 6.30. The van der Waals surface area contributed by atoms with Gasteiger partial charge in [-0.3, -0.25) is 9.59 Å². The molecule has 0 aliphatic heterocycles. The molecule has 114 valence electrons. The van der Waals surface area contributed by atoms with E-state index in [9.17, 15) is 22.8 Å². The van der Waals surface area contributed by atoms with E-state index in [-0.39, 0.29) is 22.8 Å². The molecular formula is C14H12ClF3O3. The Kier molecular flexibility index (Phi) is 5.54. The van der Waals surface area contributed by atoms with Gasteiger partial charge in [-0.1, -0.05) is 11.6 Å². The molecule has 0 aromatic heterocycles. The predicted molar refractivity (Wildman–Crippen MR) is 71.2 cm³/mol. The van der Waals surface area contributed by atoms with Crippen molar-refractivity contribution in [3.8, 4) is 0 Å². The number of halogens is 4. The van der Waals surface area contributed by atoms with Crippen LogP contribution in [0.3, 0.4) is 0 Å². The minimum atomic E-state index is -4.56. The summed E-state index contributed by atoms with van der Waals surface area (Å²) in [6, 6.07) is 2.32. The summed E-state index contributed by atoms with van der Waals surface area (Å²) in [4.78, 5) is 23.5. The number of hydrogen-bond acceptors (Lipinski definition) is 3. The summed E-state index contributed by atoms with van der Waals surface area (Å²) < 4.78 is 42.5. The summed E-state index contributed by atoms with van der Waals surface area (Å²) in [5, 5.41) is -0.376. The number of benzene rings is 1. The smallest absolute Gasteiger partial charge is 0.416 e. The molecule has 0 saturated heterocycles. The summed E-state index contributed by atoms with van der Waals surface area (Å²) >= 11 is 5.71. The van der Waals surface area contributed by atoms with Gasteiger partial charge in [0, 0.05) is 5.56 Å². The standard InChI is InChI=1S/C14H12ClF3O3/c1-3-21-7-11(8(2)19)13(20)10-5-4-9(6-12(10)15)14(16,17)18/h4-7H,3H2,1-2H3/b11-7-. The lowest BCUT2D eigenvalue weighted by molar-refractivity contribution is -0.137. The molecule has 0 aliphatic rings. The number of alkyl halides is 3. The van der Waals surface area contributed by atoms with Crippen molar-refractivity contribution in [3.63, 3.8) is 0 Å². The second-order valence-corrected chi connectivity index (χ2v) is 4.47. The quantitative estimate of drug-likeness (QED) is 0.270. The molecule has 0 unspecified atom stereocenters. The number of carbonyl (C=O) groups is 2. The van der Waals surface area contributed by atoms with Crippen molar-refractivity contribution in [2.75, 3.05) is 6.61 Å². The van der Waals surface area contributed by atoms with Crippen molar-refractivity contribution in [2.45, 2.75) is 20.0 Å². The van der Waals surface area contributed by atoms with Crippen LogP contribution >= 0.6 is 11.6 Å². The predicted octanol–water partition coefficient (Wildman–Crippen LogP) is 4.05. The molecule has 3 nitrogen and oxygen atoms in total. The maximum atomic E-state index is 12.5. The lowest BCUT2D eigenvalue weighted by Crippen LogP contribution is -2.13. The first kappa shape index (κ1) is 17.2. The highest BCUT2D eigenvalue weighted by atomic mass is 35.5. The Morgan fingerprint density at radius 3 is 2.38 bits per heavy atom. The van der Waals surface area contributed by atoms with Crippen LogP contribution in [0.25, 0.3) is 0 Å². The number of rotatable bonds is 5. The second-order valence-electron chi connectivity index (χ2n) is 4.06. The third-order valence-corrected chi connectivity index (χ3v) is 2.85. The van der Waals surface area contributed by atoms with E-state index in [1.165, 1.54) is 0 Å². The van der Waals surface area contributed by atoms with E-state index in [2.05, 4.69) is 0 Å². The van der Waals surface area contributed by atoms with Gasteiger partial charge in [-0.15, -0.1) is 0 Å². The van der Waals surface area contributed by atoms with Gasteiger partial charge in [-0.2, -0.15) is 13.2 Å². The van der Waals surface area contributed by atoms with Gasteiger partial charge < -0.3 is 4.74 Å². The van der Waals surface area contributed by atoms with Crippen molar-refractivity contribution >= 4 is 23.2 Å². The second kappa shape index (κ2) is 6.76. The fourth-order valence-corrected chi connectivity index (χ4v) is 1.75. The van der Waals surface area contributed by atoms with Crippen LogP contribution < -0.4 is 0 Å². The van der Waals surface area contributed by atoms with Crippen molar-refractivity contribution in [1.82, 2.24) is 0 Å². The number of carbonyl (C=O) groups excluding carboxylic acids is 2. The average Bonchev–Trinajstić information content (AvgIpc) is 2.37. The Balaban J connectivity index is 3.21. The first-order valence-electron chi connectivity index (χ1n) is 5.92. The van der Waals surface area contributed by atoms with Gasteiger partial charge in [-0.05, 0) is 32.0 Å². The van der Waals surface area contributed by atoms with Crippen LogP contribution in [0, 0.1) is 0 Å². The van der Waals surface area contributed by atoms with Gasteiger partial charge in [0.15, 0.2) is 5.78 Å². The van der Waals surface area contributed by atoms with Crippen molar-refractivity contribution in [2.24, 2.45) is 0 Å². The van der Waals surface area contributed by atoms with Crippen LogP contribution in [-0.2, 0) is 15.7 Å². The number of ether oxygens (including phenoxy) is 1. The Morgan fingerprint density at radius 1 is 1.33 bits per heavy atom. The largest absolute Gasteiger partial charge is 0.501 e. The lowest BCUT2D eigenvalue weighted by atomic mass is 10.0. The molecule has 0 amide bonds. The highest BCUT2D eigenvalue weighted by molar-refractivity contribution is 6.37. The molecule has 7 heteroatoms. The molecule has 0 saturated carbocycles. The maximum absolute atomic E-state index is 12.5. The SMILES string of the molecule is CCO/C=C(/C(C)=O)C(=O)c1ccc(C(F)(F)F)cc1Cl. The van der Waals surface area contributed by atoms with Gasteiger partial charge >= 0.3 is 6.18 Å². The summed E-state index contributed by atoms with van der Waals surface area (Å²) in [5.41, 5.74) is -1.44. The molecule has 0 radical (unpaired) electrons. The summed E-state index contributed by atoms with van der Waals surface area (Å²) in [7, 11) is 0. The number of hydrogen-bond donors (Lipinski definition) is 0. The monoisotopic (exact) mass is 320 g/mol. The van der Waals surface area contributed by atoms with Gasteiger partial charge in [0.1, 0.15) is 0 Å². The molecule has 0 atom stereocenters. The Morgan fingerprint density at radius 2 is 1.95 bits per heavy atom. The van der Waals surface area contributed by atoms with Crippen LogP contribution in [0.15, 0.2) is 30.0 Å². The molecule has 0 fully saturated rings. The van der Waals surface area contributed by atoms with E-state index < -0.39 is 23.3 Å². The van der Waals surface area contributed by atoms with E-state index >= 15 is 0 Å². The fourth-order valence-electron chi connectivity index (χ4n) is 1.48. The summed E-state index contributed by atoms with van der Waals surface area (Å²) in [6.45, 7) is 3.05. The Bertz CT molecular complexity index is 592. The molecule has 1 aromatic rings. The molecule has 0 heterocycles. The molecule has 0 bridgehead atoms. The Labute approximate surface area is 124 Å². The highest BCUT2D eigenvalue weighted by Crippen LogP contribution is 2.32. The van der Waals surface area contributed by atoms with Crippen LogP contribution in [0.4, 0.5) is 13.2 Å². The van der Waals surface area contributed by atoms with Gasteiger partial charge in [0.05, 0.1) is 29.0 Å². The van der Waals surface area contributed by atoms with Gasteiger partial charge in [-0.25, -0.2) is 0 Å². The Hall–Kier alpha value is -1.82. The van der Waals surface area contributed by atoms with E-state index in [1.807, 2.05) is 0 Å². The third-order valence-electron chi connectivity index (χ3n) is 2.53. The van der Waals surface area contributed by atoms with Crippen molar-refractivity contribution in [3.05, 3.63) is 46.2 Å². The van der Waals surface area contributed by atoms with Crippen LogP contribution in [0.2, 0.25) is 5.02 Å². The highest BCUT2D eigenvalue weighted by Gasteiger charge is 2.31. The van der Waals surface area contributed by atoms with Gasteiger partial charge in [0.25, 0.3) is 0 Å². The number of allylic oxidation sites excluding steroid dienone is 1. The van der Waals surface area contributed by atoms with Crippen LogP contribution in [-0.4, -0.2) is 18.2 Å². The van der Waals surface area contributed by atoms with E-state index in [1.54, 1.807) is 6.92 Å². The maximum Gasteiger partial charge on any atom is 0.416 e. The van der Waals surface area contributed by atoms with Crippen LogP contribution in [0.5, 0.6) is 0 Å². The lowest BCUT2D eigenvalue weighted by Gasteiger charge is -2.10. The number of Topliss-reactive ketones (excluding diaryl/α,β-unsaturated/α-hetero) is 2. The topological polar surface area (TPSA) is 43.4 Å². The number of ketones is 2. The molecule has 21 heavy (non-hydrogen) atoms. The molecule has 1 aromatic carbocycles. The zero-order valence-corrected chi connectivity index (χ0v) is 12.0. The van der Waals surface area contributed by atoms with Crippen molar-refractivity contribution in [1.29, 1.82) is 0 Å². The summed E-state index contributed by atoms with van der Waals surface area (Å²) in [6.07, 6.45) is -3.57. The van der Waals surface area contributed by atoms with E-state index in [0.717, 1.165) is 25.3 Å². The fraction of sp³-hybridized carbons (Fsp3) is 0.286. The third kappa shape index (κ3) is 4.32. The van der Waals surface area contributed by atoms with Crippen molar-refractivity contribution < 1.29 is 27.5 Å². The van der Waals surface area contributed by atoms with E-state index in [0.29, 0.717) is 6.07 Å². The molecular weight excluding hydrogens is 309 g/mol. The minimum absolute atomic E-state index is 0.189. The first-order chi connectivity index (χ1) is 9.68. The van der Waals surface area contributed by atoms with E-state index in [4.69, 9.17) is 16.3 Å². The zero-order chi connectivity index (χ0) is 16.2. The minimum Gasteiger partial charge on any atom is -0.501 e. The normalized spacial score (nSPS) is 12.2.